The molecule has 0 unspecified atom stereocenters. The quantitative estimate of drug-likeness (QED) is 0.675. The third kappa shape index (κ3) is 3.58. The summed E-state index contributed by atoms with van der Waals surface area (Å²) >= 11 is 0. The van der Waals surface area contributed by atoms with Crippen molar-refractivity contribution < 1.29 is 18.3 Å². The molecule has 0 amide bonds. The van der Waals surface area contributed by atoms with Gasteiger partial charge < -0.3 is 10.8 Å². The Morgan fingerprint density at radius 2 is 1.95 bits per heavy atom. The van der Waals surface area contributed by atoms with E-state index in [1.807, 2.05) is 0 Å². The third-order valence-electron chi connectivity index (χ3n) is 2.58. The Kier molecular flexibility index (Phi) is 4.73. The van der Waals surface area contributed by atoms with Crippen molar-refractivity contribution in [1.82, 2.24) is 4.31 Å². The lowest BCUT2D eigenvalue weighted by atomic mass is 10.2. The van der Waals surface area contributed by atoms with Gasteiger partial charge in [0.1, 0.15) is 0 Å². The maximum absolute atomic E-state index is 12.0. The summed E-state index contributed by atoms with van der Waals surface area (Å²) in [7, 11) is -3.68. The maximum atomic E-state index is 12.0. The molecule has 0 aliphatic rings. The zero-order chi connectivity index (χ0) is 14.6. The van der Waals surface area contributed by atoms with E-state index in [2.05, 4.69) is 4.72 Å². The van der Waals surface area contributed by atoms with E-state index in [-0.39, 0.29) is 16.9 Å². The summed E-state index contributed by atoms with van der Waals surface area (Å²) in [6.45, 7) is 4.11. The van der Waals surface area contributed by atoms with Crippen LogP contribution in [0, 0.1) is 0 Å². The molecule has 106 valence electrons. The fourth-order valence-corrected chi connectivity index (χ4v) is 2.83. The van der Waals surface area contributed by atoms with Gasteiger partial charge in [-0.05, 0) is 18.2 Å². The van der Waals surface area contributed by atoms with Crippen LogP contribution in [0.3, 0.4) is 0 Å². The molecule has 4 N–H and O–H groups in total. The highest BCUT2D eigenvalue weighted by molar-refractivity contribution is 7.90. The van der Waals surface area contributed by atoms with Crippen LogP contribution in [-0.2, 0) is 10.2 Å². The van der Waals surface area contributed by atoms with Gasteiger partial charge in [-0.25, -0.2) is 4.79 Å². The van der Waals surface area contributed by atoms with Gasteiger partial charge in [-0.3, -0.25) is 4.72 Å². The van der Waals surface area contributed by atoms with E-state index >= 15 is 0 Å². The fraction of sp³-hybridized carbons (Fsp3) is 0.364. The first-order valence-corrected chi connectivity index (χ1v) is 7.16. The highest BCUT2D eigenvalue weighted by Crippen LogP contribution is 2.22. The Morgan fingerprint density at radius 1 is 1.37 bits per heavy atom. The lowest BCUT2D eigenvalue weighted by Crippen LogP contribution is -2.35. The minimum atomic E-state index is -3.68. The molecule has 0 radical (unpaired) electrons. The Bertz CT molecular complexity index is 567. The monoisotopic (exact) mass is 287 g/mol. The molecule has 0 atom stereocenters. The van der Waals surface area contributed by atoms with Gasteiger partial charge in [0.2, 0.25) is 0 Å². The molecule has 7 nitrogen and oxygen atoms in total. The predicted molar refractivity (Wildman–Crippen MR) is 73.3 cm³/mol. The highest BCUT2D eigenvalue weighted by atomic mass is 32.2. The van der Waals surface area contributed by atoms with E-state index < -0.39 is 16.2 Å². The number of benzene rings is 1. The zero-order valence-corrected chi connectivity index (χ0v) is 11.6. The van der Waals surface area contributed by atoms with E-state index in [9.17, 15) is 13.2 Å². The summed E-state index contributed by atoms with van der Waals surface area (Å²) in [4.78, 5) is 10.7. The van der Waals surface area contributed by atoms with E-state index in [1.165, 1.54) is 22.5 Å². The molecule has 0 saturated carbocycles. The van der Waals surface area contributed by atoms with Crippen LogP contribution in [0.4, 0.5) is 11.4 Å². The summed E-state index contributed by atoms with van der Waals surface area (Å²) in [5.74, 6) is -1.12. The second kappa shape index (κ2) is 5.89. The van der Waals surface area contributed by atoms with E-state index in [0.717, 1.165) is 0 Å². The van der Waals surface area contributed by atoms with Gasteiger partial charge in [0, 0.05) is 13.1 Å². The average Bonchev–Trinajstić information content (AvgIpc) is 2.32. The smallest absolute Gasteiger partial charge is 0.335 e. The van der Waals surface area contributed by atoms with Crippen molar-refractivity contribution in [2.45, 2.75) is 13.8 Å². The summed E-state index contributed by atoms with van der Waals surface area (Å²) in [6, 6.07) is 3.83. The summed E-state index contributed by atoms with van der Waals surface area (Å²) in [5, 5.41) is 8.79. The first kappa shape index (κ1) is 15.3. The normalized spacial score (nSPS) is 11.5. The number of carboxylic acids is 1. The average molecular weight is 287 g/mol. The van der Waals surface area contributed by atoms with Gasteiger partial charge in [0.15, 0.2) is 0 Å². The number of rotatable bonds is 6. The van der Waals surface area contributed by atoms with Crippen LogP contribution in [0.15, 0.2) is 18.2 Å². The van der Waals surface area contributed by atoms with Crippen molar-refractivity contribution in [3.63, 3.8) is 0 Å². The minimum absolute atomic E-state index is 0.00304. The molecule has 1 rings (SSSR count). The van der Waals surface area contributed by atoms with Gasteiger partial charge in [-0.2, -0.15) is 12.7 Å². The van der Waals surface area contributed by atoms with Gasteiger partial charge in [0.05, 0.1) is 16.9 Å². The Morgan fingerprint density at radius 3 is 2.37 bits per heavy atom. The number of nitrogens with one attached hydrogen (secondary N) is 1. The largest absolute Gasteiger partial charge is 0.478 e. The molecule has 0 aromatic heterocycles. The van der Waals surface area contributed by atoms with Crippen LogP contribution < -0.4 is 10.5 Å². The lowest BCUT2D eigenvalue weighted by molar-refractivity contribution is 0.0697. The molecular formula is C11H17N3O4S. The maximum Gasteiger partial charge on any atom is 0.335 e. The Hall–Kier alpha value is -1.80. The molecule has 0 fully saturated rings. The second-order valence-corrected chi connectivity index (χ2v) is 5.47. The summed E-state index contributed by atoms with van der Waals surface area (Å²) < 4.78 is 27.5. The van der Waals surface area contributed by atoms with Crippen LogP contribution in [0.2, 0.25) is 0 Å². The first-order valence-electron chi connectivity index (χ1n) is 5.72. The van der Waals surface area contributed by atoms with Crippen molar-refractivity contribution in [2.75, 3.05) is 23.5 Å². The Balaban J connectivity index is 3.04. The van der Waals surface area contributed by atoms with Crippen LogP contribution in [-0.4, -0.2) is 36.9 Å². The molecule has 8 heteroatoms. The molecule has 0 spiro atoms. The first-order chi connectivity index (χ1) is 8.81. The van der Waals surface area contributed by atoms with Crippen LogP contribution in [0.25, 0.3) is 0 Å². The van der Waals surface area contributed by atoms with Gasteiger partial charge in [-0.15, -0.1) is 0 Å². The van der Waals surface area contributed by atoms with Gasteiger partial charge in [0.25, 0.3) is 0 Å². The van der Waals surface area contributed by atoms with E-state index in [1.54, 1.807) is 13.8 Å². The summed E-state index contributed by atoms with van der Waals surface area (Å²) in [6.07, 6.45) is 0. The Labute approximate surface area is 112 Å². The number of nitrogen functional groups attached to an aromatic ring is 1. The van der Waals surface area contributed by atoms with E-state index in [4.69, 9.17) is 10.8 Å². The van der Waals surface area contributed by atoms with Crippen molar-refractivity contribution in [3.8, 4) is 0 Å². The SMILES string of the molecule is CCN(CC)S(=O)(=O)Nc1ccc(C(=O)O)cc1N. The fourth-order valence-electron chi connectivity index (χ4n) is 1.56. The number of anilines is 2. The topological polar surface area (TPSA) is 113 Å². The number of hydrogen-bond acceptors (Lipinski definition) is 4. The molecule has 0 saturated heterocycles. The van der Waals surface area contributed by atoms with Gasteiger partial charge >= 0.3 is 16.2 Å². The molecule has 0 heterocycles. The molecular weight excluding hydrogens is 270 g/mol. The zero-order valence-electron chi connectivity index (χ0n) is 10.8. The van der Waals surface area contributed by atoms with Crippen molar-refractivity contribution in [1.29, 1.82) is 0 Å². The van der Waals surface area contributed by atoms with Crippen LogP contribution in [0.1, 0.15) is 24.2 Å². The number of nitrogens with zero attached hydrogens (tertiary/aromatic N) is 1. The van der Waals surface area contributed by atoms with Crippen molar-refractivity contribution in [2.24, 2.45) is 0 Å². The van der Waals surface area contributed by atoms with Crippen LogP contribution in [0.5, 0.6) is 0 Å². The molecule has 1 aromatic carbocycles. The molecule has 0 bridgehead atoms. The third-order valence-corrected chi connectivity index (χ3v) is 4.26. The number of nitrogens with two attached hydrogens (primary N) is 1. The van der Waals surface area contributed by atoms with Gasteiger partial charge in [-0.1, -0.05) is 13.8 Å². The highest BCUT2D eigenvalue weighted by Gasteiger charge is 2.19. The number of aromatic carboxylic acids is 1. The van der Waals surface area contributed by atoms with Crippen LogP contribution >= 0.6 is 0 Å². The second-order valence-electron chi connectivity index (χ2n) is 3.80. The standard InChI is InChI=1S/C11H17N3O4S/c1-3-14(4-2)19(17,18)13-10-6-5-8(11(15)16)7-9(10)12/h5-7,13H,3-4,12H2,1-2H3,(H,15,16). The molecule has 0 aliphatic carbocycles. The molecule has 1 aromatic rings. The van der Waals surface area contributed by atoms with Crippen molar-refractivity contribution in [3.05, 3.63) is 23.8 Å². The number of carbonyl (C=O) groups is 1. The van der Waals surface area contributed by atoms with E-state index in [0.29, 0.717) is 13.1 Å². The van der Waals surface area contributed by atoms with Crippen molar-refractivity contribution >= 4 is 27.6 Å². The molecule has 19 heavy (non-hydrogen) atoms. The predicted octanol–water partition coefficient (Wildman–Crippen LogP) is 0.965. The molecule has 0 aliphatic heterocycles. The number of carboxylic acid groups (broad SMARTS) is 1. The lowest BCUT2D eigenvalue weighted by Gasteiger charge is -2.20. The number of hydrogen-bond donors (Lipinski definition) is 3. The summed E-state index contributed by atoms with van der Waals surface area (Å²) in [5.41, 5.74) is 5.87. The minimum Gasteiger partial charge on any atom is -0.478 e.